The molecule has 0 aliphatic rings. The van der Waals surface area contributed by atoms with E-state index in [1.807, 2.05) is 13.8 Å². The van der Waals surface area contributed by atoms with Crippen molar-refractivity contribution in [2.75, 3.05) is 14.2 Å². The highest BCUT2D eigenvalue weighted by atomic mass is 16.5. The molecule has 0 radical (unpaired) electrons. The van der Waals surface area contributed by atoms with Crippen molar-refractivity contribution in [2.24, 2.45) is 0 Å². The fourth-order valence-corrected chi connectivity index (χ4v) is 3.75. The zero-order valence-electron chi connectivity index (χ0n) is 17.1. The number of nitrogens with one attached hydrogen (secondary N) is 1. The Hall–Kier alpha value is -2.46. The number of aliphatic hydroxyl groups excluding tert-OH is 1. The van der Waals surface area contributed by atoms with Gasteiger partial charge in [-0.05, 0) is 57.4 Å². The van der Waals surface area contributed by atoms with Crippen molar-refractivity contribution in [3.05, 3.63) is 46.5 Å². The largest absolute Gasteiger partial charge is 0.493 e. The molecule has 0 saturated carbocycles. The molecule has 1 atom stereocenters. The molecular weight excluding hydrogens is 338 g/mol. The summed E-state index contributed by atoms with van der Waals surface area (Å²) in [6, 6.07) is 6.50. The fourth-order valence-electron chi connectivity index (χ4n) is 3.75. The molecule has 0 spiro atoms. The Balaban J connectivity index is 2.36. The number of rotatable bonds is 6. The number of H-pyrrole nitrogens is 1. The van der Waals surface area contributed by atoms with E-state index in [-0.39, 0.29) is 0 Å². The number of benzene rings is 2. The van der Waals surface area contributed by atoms with Crippen LogP contribution in [0.3, 0.4) is 0 Å². The number of hydrogen-bond acceptors (Lipinski definition) is 3. The van der Waals surface area contributed by atoms with Crippen LogP contribution in [0.2, 0.25) is 0 Å². The van der Waals surface area contributed by atoms with E-state index < -0.39 is 6.10 Å². The summed E-state index contributed by atoms with van der Waals surface area (Å²) < 4.78 is 11.5. The number of hydrogen-bond donors (Lipinski definition) is 2. The summed E-state index contributed by atoms with van der Waals surface area (Å²) in [7, 11) is 3.34. The maximum Gasteiger partial charge on any atom is 0.171 e. The minimum Gasteiger partial charge on any atom is -0.493 e. The zero-order valence-corrected chi connectivity index (χ0v) is 17.1. The van der Waals surface area contributed by atoms with E-state index in [0.717, 1.165) is 50.9 Å². The van der Waals surface area contributed by atoms with Gasteiger partial charge in [0.2, 0.25) is 0 Å². The zero-order chi connectivity index (χ0) is 19.7. The number of aromatic amines is 1. The van der Waals surface area contributed by atoms with Crippen molar-refractivity contribution in [3.63, 3.8) is 0 Å². The van der Waals surface area contributed by atoms with Crippen LogP contribution in [0.1, 0.15) is 37.5 Å². The van der Waals surface area contributed by atoms with Gasteiger partial charge < -0.3 is 19.6 Å². The first-order valence-corrected chi connectivity index (χ1v) is 9.36. The first kappa shape index (κ1) is 19.3. The van der Waals surface area contributed by atoms with Gasteiger partial charge in [0.25, 0.3) is 0 Å². The maximum atomic E-state index is 10.0. The van der Waals surface area contributed by atoms with Crippen LogP contribution in [0.15, 0.2) is 29.8 Å². The average Bonchev–Trinajstić information content (AvgIpc) is 3.00. The van der Waals surface area contributed by atoms with Crippen molar-refractivity contribution in [1.82, 2.24) is 4.98 Å². The van der Waals surface area contributed by atoms with E-state index in [1.165, 1.54) is 11.1 Å². The minimum absolute atomic E-state index is 0.440. The van der Waals surface area contributed by atoms with Gasteiger partial charge >= 0.3 is 0 Å². The molecule has 1 aromatic heterocycles. The fraction of sp³-hybridized carbons (Fsp3) is 0.391. The quantitative estimate of drug-likeness (QED) is 0.598. The predicted molar refractivity (Wildman–Crippen MR) is 112 cm³/mol. The van der Waals surface area contributed by atoms with E-state index >= 15 is 0 Å². The Kier molecular flexibility index (Phi) is 5.47. The molecule has 0 amide bonds. The van der Waals surface area contributed by atoms with E-state index in [2.05, 4.69) is 43.1 Å². The highest BCUT2D eigenvalue weighted by Crippen LogP contribution is 2.45. The van der Waals surface area contributed by atoms with Crippen LogP contribution in [-0.4, -0.2) is 30.4 Å². The van der Waals surface area contributed by atoms with Crippen LogP contribution in [0, 0.1) is 6.92 Å². The summed E-state index contributed by atoms with van der Waals surface area (Å²) in [5, 5.41) is 12.2. The molecule has 0 bridgehead atoms. The molecule has 0 aliphatic heterocycles. The number of methoxy groups -OCH3 is 2. The standard InChI is InChI=1S/C23H29NO3/c1-13(2)7-8-16-9-10-19-18(12-16)20-21(24-19)17(11-14(3)25)15(4)22(26-5)23(20)27-6/h7,9-10,12,14,24-25H,8,11H2,1-6H3/t14-/m0/s1. The molecule has 3 aromatic rings. The summed E-state index contributed by atoms with van der Waals surface area (Å²) in [6.07, 6.45) is 3.25. The highest BCUT2D eigenvalue weighted by molar-refractivity contribution is 6.13. The summed E-state index contributed by atoms with van der Waals surface area (Å²) in [4.78, 5) is 3.55. The van der Waals surface area contributed by atoms with Crippen molar-refractivity contribution < 1.29 is 14.6 Å². The summed E-state index contributed by atoms with van der Waals surface area (Å²) in [5.41, 5.74) is 6.70. The van der Waals surface area contributed by atoms with Gasteiger partial charge in [0.05, 0.1) is 31.2 Å². The van der Waals surface area contributed by atoms with E-state index in [1.54, 1.807) is 14.2 Å². The molecule has 0 unspecified atom stereocenters. The topological polar surface area (TPSA) is 54.5 Å². The number of ether oxygens (including phenoxy) is 2. The maximum absolute atomic E-state index is 10.0. The molecule has 144 valence electrons. The van der Waals surface area contributed by atoms with E-state index in [9.17, 15) is 5.11 Å². The lowest BCUT2D eigenvalue weighted by Crippen LogP contribution is -2.08. The van der Waals surface area contributed by atoms with Crippen LogP contribution in [0.4, 0.5) is 0 Å². The molecule has 4 nitrogen and oxygen atoms in total. The summed E-state index contributed by atoms with van der Waals surface area (Å²) in [6.45, 7) is 8.05. The van der Waals surface area contributed by atoms with Crippen molar-refractivity contribution in [1.29, 1.82) is 0 Å². The number of allylic oxidation sites excluding steroid dienone is 2. The normalized spacial score (nSPS) is 12.4. The number of fused-ring (bicyclic) bond motifs is 3. The van der Waals surface area contributed by atoms with Gasteiger partial charge in [-0.2, -0.15) is 0 Å². The van der Waals surface area contributed by atoms with E-state index in [0.29, 0.717) is 6.42 Å². The van der Waals surface area contributed by atoms with Gasteiger partial charge in [0.1, 0.15) is 0 Å². The predicted octanol–water partition coefficient (Wildman–Crippen LogP) is 5.08. The van der Waals surface area contributed by atoms with Crippen LogP contribution in [0.5, 0.6) is 11.5 Å². The van der Waals surface area contributed by atoms with E-state index in [4.69, 9.17) is 9.47 Å². The molecule has 27 heavy (non-hydrogen) atoms. The monoisotopic (exact) mass is 367 g/mol. The molecule has 3 rings (SSSR count). The van der Waals surface area contributed by atoms with Crippen molar-refractivity contribution in [2.45, 2.75) is 46.6 Å². The molecule has 0 aliphatic carbocycles. The Labute approximate surface area is 160 Å². The van der Waals surface area contributed by atoms with Crippen LogP contribution >= 0.6 is 0 Å². The second-order valence-corrected chi connectivity index (χ2v) is 7.46. The smallest absolute Gasteiger partial charge is 0.171 e. The third kappa shape index (κ3) is 3.54. The van der Waals surface area contributed by atoms with Gasteiger partial charge in [-0.15, -0.1) is 0 Å². The number of aromatic nitrogens is 1. The van der Waals surface area contributed by atoms with Crippen molar-refractivity contribution in [3.8, 4) is 11.5 Å². The van der Waals surface area contributed by atoms with Crippen LogP contribution < -0.4 is 9.47 Å². The SMILES string of the molecule is COc1c(C)c(C[C@H](C)O)c2[nH]c3ccc(CC=C(C)C)cc3c2c1OC. The highest BCUT2D eigenvalue weighted by Gasteiger charge is 2.22. The first-order chi connectivity index (χ1) is 12.9. The number of aliphatic hydroxyl groups is 1. The van der Waals surface area contributed by atoms with Crippen LogP contribution in [-0.2, 0) is 12.8 Å². The summed E-state index contributed by atoms with van der Waals surface area (Å²) in [5.74, 6) is 1.47. The first-order valence-electron chi connectivity index (χ1n) is 9.36. The van der Waals surface area contributed by atoms with Crippen molar-refractivity contribution >= 4 is 21.8 Å². The second-order valence-electron chi connectivity index (χ2n) is 7.46. The Morgan fingerprint density at radius 2 is 1.89 bits per heavy atom. The second kappa shape index (κ2) is 7.65. The van der Waals surface area contributed by atoms with Gasteiger partial charge in [0.15, 0.2) is 11.5 Å². The van der Waals surface area contributed by atoms with Gasteiger partial charge in [-0.1, -0.05) is 17.7 Å². The molecule has 1 heterocycles. The third-order valence-electron chi connectivity index (χ3n) is 5.05. The van der Waals surface area contributed by atoms with Gasteiger partial charge in [0, 0.05) is 22.9 Å². The minimum atomic E-state index is -0.440. The molecular formula is C23H29NO3. The van der Waals surface area contributed by atoms with Crippen LogP contribution in [0.25, 0.3) is 21.8 Å². The molecule has 4 heteroatoms. The third-order valence-corrected chi connectivity index (χ3v) is 5.05. The molecule has 2 aromatic carbocycles. The molecule has 0 fully saturated rings. The Morgan fingerprint density at radius 3 is 2.48 bits per heavy atom. The molecule has 0 saturated heterocycles. The Morgan fingerprint density at radius 1 is 1.19 bits per heavy atom. The lowest BCUT2D eigenvalue weighted by atomic mass is 9.96. The molecule has 2 N–H and O–H groups in total. The van der Waals surface area contributed by atoms with Gasteiger partial charge in [-0.25, -0.2) is 0 Å². The van der Waals surface area contributed by atoms with Gasteiger partial charge in [-0.3, -0.25) is 0 Å². The Bertz CT molecular complexity index is 1010. The summed E-state index contributed by atoms with van der Waals surface area (Å²) >= 11 is 0. The lowest BCUT2D eigenvalue weighted by molar-refractivity contribution is 0.195. The lowest BCUT2D eigenvalue weighted by Gasteiger charge is -2.17. The average molecular weight is 367 g/mol.